The second-order valence-corrected chi connectivity index (χ2v) is 5.47. The highest BCUT2D eigenvalue weighted by Gasteiger charge is 2.32. The highest BCUT2D eigenvalue weighted by molar-refractivity contribution is 7.71. The van der Waals surface area contributed by atoms with Crippen molar-refractivity contribution in [1.82, 2.24) is 0 Å². The summed E-state index contributed by atoms with van der Waals surface area (Å²) >= 11 is 0. The number of hydrogen-bond donors (Lipinski definition) is 0. The van der Waals surface area contributed by atoms with Crippen LogP contribution in [-0.4, -0.2) is 26.9 Å². The molecule has 0 saturated carbocycles. The lowest BCUT2D eigenvalue weighted by Gasteiger charge is -2.13. The Bertz CT molecular complexity index is 435. The highest BCUT2D eigenvalue weighted by Crippen LogP contribution is 2.48. The molecule has 0 aliphatic carbocycles. The van der Waals surface area contributed by atoms with Gasteiger partial charge < -0.3 is 13.8 Å². The summed E-state index contributed by atoms with van der Waals surface area (Å²) < 4.78 is 26.2. The number of carbonyl (C=O) groups excluding carboxylic acids is 1. The molecular weight excluding hydrogens is 243 g/mol. The van der Waals surface area contributed by atoms with Gasteiger partial charge in [-0.25, -0.2) is 0 Å². The lowest BCUT2D eigenvalue weighted by Crippen LogP contribution is -2.07. The molecule has 6 heteroatoms. The molecule has 0 saturated heterocycles. The smallest absolute Gasteiger partial charge is 0.396 e. The highest BCUT2D eigenvalue weighted by atomic mass is 31.2. The van der Waals surface area contributed by atoms with Crippen LogP contribution in [0.5, 0.6) is 5.75 Å². The van der Waals surface area contributed by atoms with E-state index in [1.54, 1.807) is 24.3 Å². The number of para-hydroxylation sites is 1. The molecule has 0 N–H and O–H groups in total. The van der Waals surface area contributed by atoms with Crippen LogP contribution in [0.15, 0.2) is 24.3 Å². The third-order valence-corrected chi connectivity index (χ3v) is 4.05. The van der Waals surface area contributed by atoms with Crippen molar-refractivity contribution in [3.05, 3.63) is 29.8 Å². The van der Waals surface area contributed by atoms with Gasteiger partial charge in [0.05, 0.1) is 7.11 Å². The molecule has 0 spiro atoms. The first-order chi connectivity index (χ1) is 8.07. The quantitative estimate of drug-likeness (QED) is 0.732. The summed E-state index contributed by atoms with van der Waals surface area (Å²) in [7, 11) is 0.217. The lowest BCUT2D eigenvalue weighted by atomic mass is 10.1. The standard InChI is InChI=1S/C11H15O5P/c1-14-10-7-5-4-6-9(10)8-11(12)17(13,15-2)16-3/h4-7H,8H2,1-3H3. The van der Waals surface area contributed by atoms with E-state index >= 15 is 0 Å². The fourth-order valence-corrected chi connectivity index (χ4v) is 2.31. The monoisotopic (exact) mass is 258 g/mol. The Kier molecular flexibility index (Phi) is 4.87. The van der Waals surface area contributed by atoms with E-state index in [-0.39, 0.29) is 6.42 Å². The van der Waals surface area contributed by atoms with Crippen LogP contribution in [0.3, 0.4) is 0 Å². The SMILES string of the molecule is COc1ccccc1CC(=O)P(=O)(OC)OC. The molecule has 0 unspecified atom stereocenters. The molecule has 94 valence electrons. The van der Waals surface area contributed by atoms with Crippen LogP contribution in [0, 0.1) is 0 Å². The van der Waals surface area contributed by atoms with Gasteiger partial charge in [-0.3, -0.25) is 9.36 Å². The second-order valence-electron chi connectivity index (χ2n) is 3.24. The predicted octanol–water partition coefficient (Wildman–Crippen LogP) is 2.25. The second kappa shape index (κ2) is 5.96. The van der Waals surface area contributed by atoms with Crippen molar-refractivity contribution >= 4 is 13.1 Å². The maximum absolute atomic E-state index is 11.8. The van der Waals surface area contributed by atoms with Gasteiger partial charge in [0.1, 0.15) is 5.75 Å². The molecule has 5 nitrogen and oxygen atoms in total. The molecule has 0 aliphatic heterocycles. The van der Waals surface area contributed by atoms with Gasteiger partial charge in [-0.1, -0.05) is 18.2 Å². The molecule has 0 radical (unpaired) electrons. The largest absolute Gasteiger partial charge is 0.496 e. The molecule has 0 fully saturated rings. The third kappa shape index (κ3) is 3.16. The van der Waals surface area contributed by atoms with E-state index in [4.69, 9.17) is 4.74 Å². The molecule has 0 amide bonds. The fraction of sp³-hybridized carbons (Fsp3) is 0.364. The summed E-state index contributed by atoms with van der Waals surface area (Å²) in [4.78, 5) is 11.8. The number of methoxy groups -OCH3 is 1. The first-order valence-electron chi connectivity index (χ1n) is 4.94. The van der Waals surface area contributed by atoms with Crippen molar-refractivity contribution < 1.29 is 23.1 Å². The summed E-state index contributed by atoms with van der Waals surface area (Å²) in [6.07, 6.45) is -0.0526. The van der Waals surface area contributed by atoms with Gasteiger partial charge in [-0.15, -0.1) is 0 Å². The summed E-state index contributed by atoms with van der Waals surface area (Å²) in [6.45, 7) is 0. The maximum atomic E-state index is 11.8. The van der Waals surface area contributed by atoms with Crippen molar-refractivity contribution in [2.75, 3.05) is 21.3 Å². The summed E-state index contributed by atoms with van der Waals surface area (Å²) in [5, 5.41) is 0. The van der Waals surface area contributed by atoms with E-state index in [2.05, 4.69) is 9.05 Å². The molecular formula is C11H15O5P. The van der Waals surface area contributed by atoms with Crippen molar-refractivity contribution in [1.29, 1.82) is 0 Å². The zero-order valence-corrected chi connectivity index (χ0v) is 10.9. The Morgan fingerprint density at radius 3 is 2.29 bits per heavy atom. The molecule has 0 aliphatic rings. The average Bonchev–Trinajstić information content (AvgIpc) is 2.38. The van der Waals surface area contributed by atoms with E-state index in [9.17, 15) is 9.36 Å². The van der Waals surface area contributed by atoms with Gasteiger partial charge in [0.2, 0.25) is 5.52 Å². The summed E-state index contributed by atoms with van der Waals surface area (Å²) in [5.41, 5.74) is 0.0568. The third-order valence-electron chi connectivity index (χ3n) is 2.32. The number of rotatable bonds is 6. The number of benzene rings is 1. The molecule has 1 rings (SSSR count). The molecule has 1 aromatic carbocycles. The Morgan fingerprint density at radius 2 is 1.76 bits per heavy atom. The normalized spacial score (nSPS) is 11.2. The summed E-state index contributed by atoms with van der Waals surface area (Å²) in [6, 6.07) is 7.02. The van der Waals surface area contributed by atoms with Crippen molar-refractivity contribution in [2.24, 2.45) is 0 Å². The molecule has 0 heterocycles. The minimum absolute atomic E-state index is 0.0526. The van der Waals surface area contributed by atoms with Crippen molar-refractivity contribution in [2.45, 2.75) is 6.42 Å². The molecule has 0 bridgehead atoms. The van der Waals surface area contributed by atoms with Crippen LogP contribution in [-0.2, 0) is 24.8 Å². The molecule has 1 aromatic rings. The van der Waals surface area contributed by atoms with Crippen molar-refractivity contribution in [3.8, 4) is 5.75 Å². The van der Waals surface area contributed by atoms with Crippen LogP contribution < -0.4 is 4.74 Å². The first kappa shape index (κ1) is 13.9. The lowest BCUT2D eigenvalue weighted by molar-refractivity contribution is -0.113. The van der Waals surface area contributed by atoms with Gasteiger partial charge >= 0.3 is 7.60 Å². The Morgan fingerprint density at radius 1 is 1.18 bits per heavy atom. The van der Waals surface area contributed by atoms with Gasteiger partial charge in [0, 0.05) is 26.2 Å². The van der Waals surface area contributed by atoms with E-state index in [0.29, 0.717) is 11.3 Å². The zero-order valence-electron chi connectivity index (χ0n) is 10.0. The van der Waals surface area contributed by atoms with Gasteiger partial charge in [0.15, 0.2) is 0 Å². The number of carbonyl (C=O) groups is 1. The minimum atomic E-state index is -3.66. The molecule has 0 aromatic heterocycles. The molecule has 17 heavy (non-hydrogen) atoms. The number of ether oxygens (including phenoxy) is 1. The van der Waals surface area contributed by atoms with Crippen LogP contribution >= 0.6 is 7.60 Å². The maximum Gasteiger partial charge on any atom is 0.396 e. The fourth-order valence-electron chi connectivity index (χ4n) is 1.39. The predicted molar refractivity (Wildman–Crippen MR) is 63.3 cm³/mol. The molecule has 0 atom stereocenters. The Hall–Kier alpha value is -1.16. The minimum Gasteiger partial charge on any atom is -0.496 e. The van der Waals surface area contributed by atoms with E-state index in [1.807, 2.05) is 0 Å². The average molecular weight is 258 g/mol. The van der Waals surface area contributed by atoms with E-state index < -0.39 is 13.1 Å². The van der Waals surface area contributed by atoms with Gasteiger partial charge in [0.25, 0.3) is 0 Å². The van der Waals surface area contributed by atoms with Gasteiger partial charge in [-0.2, -0.15) is 0 Å². The Balaban J connectivity index is 2.92. The topological polar surface area (TPSA) is 61.8 Å². The Labute approximate surface area is 100 Å². The van der Waals surface area contributed by atoms with Gasteiger partial charge in [-0.05, 0) is 6.07 Å². The first-order valence-corrected chi connectivity index (χ1v) is 6.48. The van der Waals surface area contributed by atoms with Crippen molar-refractivity contribution in [3.63, 3.8) is 0 Å². The number of hydrogen-bond acceptors (Lipinski definition) is 5. The van der Waals surface area contributed by atoms with Crippen LogP contribution in [0.25, 0.3) is 0 Å². The van der Waals surface area contributed by atoms with Crippen LogP contribution in [0.2, 0.25) is 0 Å². The van der Waals surface area contributed by atoms with E-state index in [1.165, 1.54) is 21.3 Å². The summed E-state index contributed by atoms with van der Waals surface area (Å²) in [5.74, 6) is 0.569. The van der Waals surface area contributed by atoms with E-state index in [0.717, 1.165) is 0 Å². The van der Waals surface area contributed by atoms with Crippen LogP contribution in [0.1, 0.15) is 5.56 Å². The van der Waals surface area contributed by atoms with Crippen LogP contribution in [0.4, 0.5) is 0 Å². The zero-order chi connectivity index (χ0) is 12.9.